The molecule has 0 saturated heterocycles. The number of primary amides is 1. The van der Waals surface area contributed by atoms with Gasteiger partial charge < -0.3 is 16.0 Å². The van der Waals surface area contributed by atoms with Crippen molar-refractivity contribution in [2.75, 3.05) is 11.5 Å². The molecule has 1 aromatic heterocycles. The molecule has 1 aromatic carbocycles. The summed E-state index contributed by atoms with van der Waals surface area (Å²) in [6.07, 6.45) is -4.60. The van der Waals surface area contributed by atoms with Crippen LogP contribution in [-0.2, 0) is 17.4 Å². The minimum absolute atomic E-state index is 0.00181. The zero-order valence-corrected chi connectivity index (χ0v) is 16.9. The van der Waals surface area contributed by atoms with Gasteiger partial charge in [0.15, 0.2) is 10.8 Å². The van der Waals surface area contributed by atoms with Crippen molar-refractivity contribution < 1.29 is 22.5 Å². The fraction of sp³-hybridized carbons (Fsp3) is 0.231. The van der Waals surface area contributed by atoms with Gasteiger partial charge in [-0.3, -0.25) is 4.79 Å². The highest BCUT2D eigenvalue weighted by Gasteiger charge is 2.34. The number of anilines is 1. The number of benzene rings is 1. The number of nitrogens with two attached hydrogens (primary N) is 2. The average molecular weight is 492 g/mol. The van der Waals surface area contributed by atoms with E-state index in [1.54, 1.807) is 6.92 Å². The van der Waals surface area contributed by atoms with E-state index in [0.717, 1.165) is 16.8 Å². The number of halogens is 5. The molecule has 0 radical (unpaired) electrons. The highest BCUT2D eigenvalue weighted by atomic mass is 79.9. The average Bonchev–Trinajstić information content (AvgIpc) is 2.80. The normalized spacial score (nSPS) is 13.0. The van der Waals surface area contributed by atoms with Gasteiger partial charge in [-0.1, -0.05) is 11.6 Å². The molecule has 0 spiro atoms. The van der Waals surface area contributed by atoms with Gasteiger partial charge in [-0.2, -0.15) is 18.3 Å². The highest BCUT2D eigenvalue weighted by Crippen LogP contribution is 2.40. The van der Waals surface area contributed by atoms with Crippen LogP contribution in [0.3, 0.4) is 0 Å². The SMILES string of the molecule is CC[S+]([O-])c1c(SC(N)=O)nn(-c2c(Cl)cc(C(F)(F)F)cc2Br)c1N. The van der Waals surface area contributed by atoms with Crippen LogP contribution in [0.4, 0.5) is 23.8 Å². The molecule has 0 aliphatic carbocycles. The van der Waals surface area contributed by atoms with E-state index in [1.807, 2.05) is 0 Å². The molecular weight excluding hydrogens is 481 g/mol. The molecule has 2 rings (SSSR count). The van der Waals surface area contributed by atoms with Crippen molar-refractivity contribution in [3.05, 3.63) is 27.2 Å². The van der Waals surface area contributed by atoms with Crippen LogP contribution in [0.2, 0.25) is 5.02 Å². The van der Waals surface area contributed by atoms with Crippen molar-refractivity contribution in [2.24, 2.45) is 5.73 Å². The zero-order chi connectivity index (χ0) is 19.8. The van der Waals surface area contributed by atoms with E-state index in [0.29, 0.717) is 11.8 Å². The first-order chi connectivity index (χ1) is 12.0. The molecular formula is C13H11BrClF3N4O2S2. The number of hydrogen-bond acceptors (Lipinski definition) is 5. The third kappa shape index (κ3) is 4.25. The third-order valence-electron chi connectivity index (χ3n) is 3.09. The number of alkyl halides is 3. The summed E-state index contributed by atoms with van der Waals surface area (Å²) in [5.74, 6) is 0.0701. The Morgan fingerprint density at radius 2 is 2.12 bits per heavy atom. The number of nitrogens with zero attached hydrogens (tertiary/aromatic N) is 2. The Morgan fingerprint density at radius 1 is 1.50 bits per heavy atom. The van der Waals surface area contributed by atoms with Crippen LogP contribution in [0, 0.1) is 0 Å². The van der Waals surface area contributed by atoms with Crippen LogP contribution in [0.5, 0.6) is 0 Å². The Hall–Kier alpha value is -1.08. The lowest BCUT2D eigenvalue weighted by atomic mass is 10.2. The maximum absolute atomic E-state index is 12.9. The maximum Gasteiger partial charge on any atom is 0.416 e. The summed E-state index contributed by atoms with van der Waals surface area (Å²) in [7, 11) is 0. The number of rotatable bonds is 4. The molecule has 1 unspecified atom stereocenters. The number of hydrogen-bond donors (Lipinski definition) is 2. The Kier molecular flexibility index (Phi) is 6.44. The molecule has 4 N–H and O–H groups in total. The Bertz CT molecular complexity index is 840. The van der Waals surface area contributed by atoms with E-state index in [-0.39, 0.29) is 36.7 Å². The second-order valence-corrected chi connectivity index (χ2v) is 8.70. The molecule has 142 valence electrons. The van der Waals surface area contributed by atoms with Crippen molar-refractivity contribution in [1.82, 2.24) is 9.78 Å². The Balaban J connectivity index is 2.69. The summed E-state index contributed by atoms with van der Waals surface area (Å²) in [5.41, 5.74) is 10.2. The van der Waals surface area contributed by atoms with Gasteiger partial charge in [0.05, 0.1) is 10.6 Å². The molecule has 6 nitrogen and oxygen atoms in total. The third-order valence-corrected chi connectivity index (χ3v) is 6.17. The predicted molar refractivity (Wildman–Crippen MR) is 98.1 cm³/mol. The summed E-state index contributed by atoms with van der Waals surface area (Å²) >= 11 is 7.96. The smallest absolute Gasteiger partial charge is 0.416 e. The van der Waals surface area contributed by atoms with E-state index in [1.165, 1.54) is 0 Å². The van der Waals surface area contributed by atoms with Gasteiger partial charge in [0, 0.05) is 4.47 Å². The van der Waals surface area contributed by atoms with Gasteiger partial charge in [-0.15, -0.1) is 0 Å². The number of thioether (sulfide) groups is 1. The van der Waals surface area contributed by atoms with Crippen LogP contribution in [0.15, 0.2) is 26.5 Å². The maximum atomic E-state index is 12.9. The fourth-order valence-corrected chi connectivity index (χ4v) is 4.82. The fourth-order valence-electron chi connectivity index (χ4n) is 2.02. The van der Waals surface area contributed by atoms with Crippen LogP contribution in [0.1, 0.15) is 12.5 Å². The van der Waals surface area contributed by atoms with Gasteiger partial charge in [-0.25, -0.2) is 4.68 Å². The number of aromatic nitrogens is 2. The van der Waals surface area contributed by atoms with Crippen LogP contribution < -0.4 is 11.5 Å². The predicted octanol–water partition coefficient (Wildman–Crippen LogP) is 4.19. The molecule has 0 fully saturated rings. The molecule has 13 heteroatoms. The van der Waals surface area contributed by atoms with Gasteiger partial charge in [0.2, 0.25) is 4.90 Å². The minimum atomic E-state index is -4.60. The second-order valence-electron chi connectivity index (χ2n) is 4.77. The quantitative estimate of drug-likeness (QED) is 0.492. The van der Waals surface area contributed by atoms with Crippen LogP contribution in [0.25, 0.3) is 5.69 Å². The van der Waals surface area contributed by atoms with Crippen molar-refractivity contribution in [3.8, 4) is 5.69 Å². The molecule has 0 bridgehead atoms. The number of carbonyl (C=O) groups is 1. The largest absolute Gasteiger partial charge is 0.611 e. The van der Waals surface area contributed by atoms with Gasteiger partial charge in [0.1, 0.15) is 11.4 Å². The van der Waals surface area contributed by atoms with Crippen LogP contribution >= 0.6 is 39.3 Å². The highest BCUT2D eigenvalue weighted by molar-refractivity contribution is 9.10. The lowest BCUT2D eigenvalue weighted by Crippen LogP contribution is -2.11. The lowest BCUT2D eigenvalue weighted by Gasteiger charge is -2.13. The summed E-state index contributed by atoms with van der Waals surface area (Å²) in [6.45, 7) is 1.63. The van der Waals surface area contributed by atoms with Gasteiger partial charge in [0.25, 0.3) is 5.24 Å². The van der Waals surface area contributed by atoms with Gasteiger partial charge in [-0.05, 0) is 57.9 Å². The van der Waals surface area contributed by atoms with Crippen molar-refractivity contribution >= 4 is 61.5 Å². The van der Waals surface area contributed by atoms with E-state index in [4.69, 9.17) is 23.1 Å². The first kappa shape index (κ1) is 21.2. The lowest BCUT2D eigenvalue weighted by molar-refractivity contribution is -0.137. The number of carbonyl (C=O) groups excluding carboxylic acids is 1. The molecule has 1 amide bonds. The molecule has 0 aliphatic rings. The van der Waals surface area contributed by atoms with Crippen LogP contribution in [-0.4, -0.2) is 25.3 Å². The van der Waals surface area contributed by atoms with Crippen molar-refractivity contribution in [2.45, 2.75) is 23.0 Å². The molecule has 1 atom stereocenters. The van der Waals surface area contributed by atoms with Crippen molar-refractivity contribution in [3.63, 3.8) is 0 Å². The molecule has 2 aromatic rings. The summed E-state index contributed by atoms with van der Waals surface area (Å²) in [6, 6.07) is 1.54. The van der Waals surface area contributed by atoms with E-state index in [2.05, 4.69) is 21.0 Å². The minimum Gasteiger partial charge on any atom is -0.611 e. The Labute approximate surface area is 166 Å². The Morgan fingerprint density at radius 3 is 2.58 bits per heavy atom. The van der Waals surface area contributed by atoms with E-state index < -0.39 is 28.2 Å². The topological polar surface area (TPSA) is 110 Å². The first-order valence-corrected chi connectivity index (χ1v) is 10.1. The van der Waals surface area contributed by atoms with Crippen molar-refractivity contribution in [1.29, 1.82) is 0 Å². The van der Waals surface area contributed by atoms with Gasteiger partial charge >= 0.3 is 6.18 Å². The summed E-state index contributed by atoms with van der Waals surface area (Å²) < 4.78 is 52.0. The molecule has 0 aliphatic heterocycles. The molecule has 0 saturated carbocycles. The number of amides is 1. The second kappa shape index (κ2) is 7.89. The number of nitrogen functional groups attached to an aromatic ring is 1. The molecule has 26 heavy (non-hydrogen) atoms. The summed E-state index contributed by atoms with van der Waals surface area (Å²) in [5, 5.41) is 2.98. The zero-order valence-electron chi connectivity index (χ0n) is 12.9. The van der Waals surface area contributed by atoms with E-state index >= 15 is 0 Å². The monoisotopic (exact) mass is 490 g/mol. The first-order valence-electron chi connectivity index (χ1n) is 6.78. The summed E-state index contributed by atoms with van der Waals surface area (Å²) in [4.78, 5) is 11.3. The molecule has 1 heterocycles. The van der Waals surface area contributed by atoms with E-state index in [9.17, 15) is 22.5 Å². The standard InChI is InChI=1S/C13H11BrClF3N4O2S2/c1-2-26(24)9-10(19)22(21-11(9)25-12(20)23)8-6(14)3-5(4-7(8)15)13(16,17)18/h3-4H,2,19H2,1H3,(H2,20,23).